The Hall–Kier alpha value is -2.31. The van der Waals surface area contributed by atoms with Crippen LogP contribution < -0.4 is 10.6 Å². The van der Waals surface area contributed by atoms with Gasteiger partial charge in [0.2, 0.25) is 0 Å². The van der Waals surface area contributed by atoms with Gasteiger partial charge in [0.1, 0.15) is 5.82 Å². The molecule has 0 aliphatic rings. The number of nitrogens with zero attached hydrogens (tertiary/aromatic N) is 2. The van der Waals surface area contributed by atoms with Crippen LogP contribution in [0.25, 0.3) is 11.3 Å². The topological polar surface area (TPSA) is 79.2 Å². The summed E-state index contributed by atoms with van der Waals surface area (Å²) in [7, 11) is 0. The van der Waals surface area contributed by atoms with Gasteiger partial charge in [0.15, 0.2) is 0 Å². The Morgan fingerprint density at radius 3 is 2.77 bits per heavy atom. The van der Waals surface area contributed by atoms with Gasteiger partial charge in [0.25, 0.3) is 0 Å². The smallest absolute Gasteiger partial charge is 0.320 e. The van der Waals surface area contributed by atoms with Crippen LogP contribution in [-0.2, 0) is 6.54 Å². The molecule has 0 unspecified atom stereocenters. The van der Waals surface area contributed by atoms with E-state index < -0.39 is 0 Å². The zero-order valence-corrected chi connectivity index (χ0v) is 12.7. The molecule has 1 heterocycles. The maximum atomic E-state index is 11.7. The molecule has 0 aliphatic carbocycles. The number of hydrogen-bond donors (Lipinski definition) is 3. The van der Waals surface area contributed by atoms with Crippen LogP contribution in [0.1, 0.15) is 0 Å². The zero-order valence-electron chi connectivity index (χ0n) is 11.9. The van der Waals surface area contributed by atoms with Crippen molar-refractivity contribution in [3.8, 4) is 11.3 Å². The number of aromatic nitrogens is 2. The average molecular weight is 321 g/mol. The average Bonchev–Trinajstić information content (AvgIpc) is 2.89. The Bertz CT molecular complexity index is 652. The highest BCUT2D eigenvalue weighted by atomic mass is 35.5. The molecular formula is C15H17ClN4O2. The van der Waals surface area contributed by atoms with Crippen molar-refractivity contribution in [2.45, 2.75) is 6.54 Å². The van der Waals surface area contributed by atoms with Gasteiger partial charge in [-0.3, -0.25) is 5.32 Å². The summed E-state index contributed by atoms with van der Waals surface area (Å²) in [5, 5.41) is 19.5. The van der Waals surface area contributed by atoms with E-state index in [1.165, 1.54) is 4.68 Å². The van der Waals surface area contributed by atoms with Crippen LogP contribution in [0.15, 0.2) is 43.0 Å². The standard InChI is InChI=1S/C15H17ClN4O2/c1-2-7-17-15(22)18-14-10-13(19-20(14)8-9-21)11-3-5-12(16)6-4-11/h2-6,10,21H,1,7-9H2,(H2,17,18,22). The van der Waals surface area contributed by atoms with Gasteiger partial charge in [-0.05, 0) is 12.1 Å². The number of halogens is 1. The SMILES string of the molecule is C=CCNC(=O)Nc1cc(-c2ccc(Cl)cc2)nn1CCO. The van der Waals surface area contributed by atoms with E-state index in [0.717, 1.165) is 5.56 Å². The van der Waals surface area contributed by atoms with Crippen LogP contribution in [0.5, 0.6) is 0 Å². The van der Waals surface area contributed by atoms with Crippen LogP contribution in [-0.4, -0.2) is 34.1 Å². The van der Waals surface area contributed by atoms with Crippen molar-refractivity contribution in [1.82, 2.24) is 15.1 Å². The highest BCUT2D eigenvalue weighted by Gasteiger charge is 2.11. The molecular weight excluding hydrogens is 304 g/mol. The van der Waals surface area contributed by atoms with E-state index in [4.69, 9.17) is 16.7 Å². The highest BCUT2D eigenvalue weighted by molar-refractivity contribution is 6.30. The molecule has 0 bridgehead atoms. The second-order valence-electron chi connectivity index (χ2n) is 4.49. The summed E-state index contributed by atoms with van der Waals surface area (Å²) in [5.74, 6) is 0.501. The largest absolute Gasteiger partial charge is 0.394 e. The highest BCUT2D eigenvalue weighted by Crippen LogP contribution is 2.23. The van der Waals surface area contributed by atoms with Crippen LogP contribution in [0.2, 0.25) is 5.02 Å². The van der Waals surface area contributed by atoms with Crippen LogP contribution >= 0.6 is 11.6 Å². The zero-order chi connectivity index (χ0) is 15.9. The monoisotopic (exact) mass is 320 g/mol. The van der Waals surface area contributed by atoms with Crippen molar-refractivity contribution >= 4 is 23.4 Å². The summed E-state index contributed by atoms with van der Waals surface area (Å²) in [6, 6.07) is 8.61. The fourth-order valence-corrected chi connectivity index (χ4v) is 2.00. The third-order valence-corrected chi connectivity index (χ3v) is 3.13. The molecule has 2 aromatic rings. The molecule has 3 N–H and O–H groups in total. The minimum atomic E-state index is -0.360. The Morgan fingerprint density at radius 1 is 1.41 bits per heavy atom. The molecule has 116 valence electrons. The third kappa shape index (κ3) is 4.09. The summed E-state index contributed by atoms with van der Waals surface area (Å²) in [6.07, 6.45) is 1.59. The number of rotatable bonds is 6. The number of anilines is 1. The first kappa shape index (κ1) is 16.1. The molecule has 6 nitrogen and oxygen atoms in total. The van der Waals surface area contributed by atoms with E-state index >= 15 is 0 Å². The fourth-order valence-electron chi connectivity index (χ4n) is 1.87. The number of aliphatic hydroxyl groups is 1. The number of nitrogens with one attached hydrogen (secondary N) is 2. The summed E-state index contributed by atoms with van der Waals surface area (Å²) >= 11 is 5.87. The van der Waals surface area contributed by atoms with E-state index in [0.29, 0.717) is 23.1 Å². The van der Waals surface area contributed by atoms with Crippen LogP contribution in [0.4, 0.5) is 10.6 Å². The van der Waals surface area contributed by atoms with E-state index in [1.54, 1.807) is 24.3 Å². The molecule has 2 rings (SSSR count). The molecule has 0 saturated heterocycles. The molecule has 1 aromatic carbocycles. The Labute approximate surface area is 133 Å². The number of carbonyl (C=O) groups excluding carboxylic acids is 1. The van der Waals surface area contributed by atoms with Crippen molar-refractivity contribution in [3.63, 3.8) is 0 Å². The number of aliphatic hydroxyl groups excluding tert-OH is 1. The number of hydrogen-bond acceptors (Lipinski definition) is 3. The molecule has 2 amide bonds. The number of carbonyl (C=O) groups is 1. The maximum absolute atomic E-state index is 11.7. The molecule has 0 saturated carbocycles. The van der Waals surface area contributed by atoms with Gasteiger partial charge in [-0.25, -0.2) is 9.48 Å². The molecule has 0 radical (unpaired) electrons. The molecule has 0 fully saturated rings. The van der Waals surface area contributed by atoms with E-state index in [1.807, 2.05) is 12.1 Å². The normalized spacial score (nSPS) is 10.3. The Kier molecular flexibility index (Phi) is 5.57. The maximum Gasteiger partial charge on any atom is 0.320 e. The minimum Gasteiger partial charge on any atom is -0.394 e. The summed E-state index contributed by atoms with van der Waals surface area (Å²) in [5.41, 5.74) is 1.56. The molecule has 0 aliphatic heterocycles. The molecule has 7 heteroatoms. The van der Waals surface area contributed by atoms with E-state index in [-0.39, 0.29) is 19.2 Å². The third-order valence-electron chi connectivity index (χ3n) is 2.88. The summed E-state index contributed by atoms with van der Waals surface area (Å²) in [4.78, 5) is 11.7. The summed E-state index contributed by atoms with van der Waals surface area (Å²) in [6.45, 7) is 4.10. The number of benzene rings is 1. The van der Waals surface area contributed by atoms with Crippen molar-refractivity contribution in [2.24, 2.45) is 0 Å². The quantitative estimate of drug-likeness (QED) is 0.715. The first-order valence-corrected chi connectivity index (χ1v) is 7.12. The minimum absolute atomic E-state index is 0.0787. The van der Waals surface area contributed by atoms with E-state index in [9.17, 15) is 4.79 Å². The predicted molar refractivity (Wildman–Crippen MR) is 87.0 cm³/mol. The van der Waals surface area contributed by atoms with Crippen molar-refractivity contribution < 1.29 is 9.90 Å². The second kappa shape index (κ2) is 7.63. The van der Waals surface area contributed by atoms with Gasteiger partial charge in [-0.1, -0.05) is 29.8 Å². The van der Waals surface area contributed by atoms with Crippen molar-refractivity contribution in [2.75, 3.05) is 18.5 Å². The Morgan fingerprint density at radius 2 is 2.14 bits per heavy atom. The van der Waals surface area contributed by atoms with Gasteiger partial charge in [0.05, 0.1) is 18.8 Å². The number of amides is 2. The van der Waals surface area contributed by atoms with Crippen molar-refractivity contribution in [1.29, 1.82) is 0 Å². The molecule has 0 spiro atoms. The van der Waals surface area contributed by atoms with E-state index in [2.05, 4.69) is 22.3 Å². The molecule has 0 atom stereocenters. The second-order valence-corrected chi connectivity index (χ2v) is 4.93. The van der Waals surface area contributed by atoms with Gasteiger partial charge in [0, 0.05) is 23.2 Å². The molecule has 1 aromatic heterocycles. The summed E-state index contributed by atoms with van der Waals surface area (Å²) < 4.78 is 1.54. The van der Waals surface area contributed by atoms with Gasteiger partial charge >= 0.3 is 6.03 Å². The van der Waals surface area contributed by atoms with Gasteiger partial charge in [-0.15, -0.1) is 6.58 Å². The first-order chi connectivity index (χ1) is 10.6. The lowest BCUT2D eigenvalue weighted by atomic mass is 10.1. The van der Waals surface area contributed by atoms with Crippen LogP contribution in [0, 0.1) is 0 Å². The van der Waals surface area contributed by atoms with Gasteiger partial charge < -0.3 is 10.4 Å². The Balaban J connectivity index is 2.23. The van der Waals surface area contributed by atoms with Crippen molar-refractivity contribution in [3.05, 3.63) is 48.0 Å². The molecule has 22 heavy (non-hydrogen) atoms. The lowest BCUT2D eigenvalue weighted by Crippen LogP contribution is -2.29. The lowest BCUT2D eigenvalue weighted by Gasteiger charge is -2.07. The first-order valence-electron chi connectivity index (χ1n) is 6.74. The van der Waals surface area contributed by atoms with Gasteiger partial charge in [-0.2, -0.15) is 5.10 Å². The lowest BCUT2D eigenvalue weighted by molar-refractivity contribution is 0.252. The number of urea groups is 1. The van der Waals surface area contributed by atoms with Crippen LogP contribution in [0.3, 0.4) is 0 Å². The predicted octanol–water partition coefficient (Wildman–Crippen LogP) is 2.50. The fraction of sp³-hybridized carbons (Fsp3) is 0.200.